The standard InChI is InChI=1S/C15H21NO3S2/c1-13-7-8-15(14(12-13)6-5-10-17)21(18,19)16-9-3-4-11-20-2/h7-8,12,16-17H,3-4,9-11H2,1-2H3. The molecule has 21 heavy (non-hydrogen) atoms. The Morgan fingerprint density at radius 3 is 2.76 bits per heavy atom. The van der Waals surface area contributed by atoms with Crippen LogP contribution in [0.3, 0.4) is 0 Å². The molecule has 0 radical (unpaired) electrons. The SMILES string of the molecule is CSCCCCNS(=O)(=O)c1ccc(C)cc1C#CCO. The minimum absolute atomic E-state index is 0.166. The number of thioether (sulfide) groups is 1. The van der Waals surface area contributed by atoms with Gasteiger partial charge in [-0.25, -0.2) is 13.1 Å². The number of rotatable bonds is 7. The van der Waals surface area contributed by atoms with Crippen LogP contribution >= 0.6 is 11.8 Å². The zero-order chi connectivity index (χ0) is 15.7. The van der Waals surface area contributed by atoms with Crippen molar-refractivity contribution in [2.45, 2.75) is 24.7 Å². The Hall–Kier alpha value is -1.00. The van der Waals surface area contributed by atoms with Gasteiger partial charge in [0, 0.05) is 12.1 Å². The predicted molar refractivity (Wildman–Crippen MR) is 87.9 cm³/mol. The Balaban J connectivity index is 2.87. The third kappa shape index (κ3) is 6.10. The van der Waals surface area contributed by atoms with Gasteiger partial charge < -0.3 is 5.11 Å². The summed E-state index contributed by atoms with van der Waals surface area (Å²) in [6.07, 6.45) is 3.82. The maximum absolute atomic E-state index is 12.3. The van der Waals surface area contributed by atoms with E-state index in [2.05, 4.69) is 16.6 Å². The maximum atomic E-state index is 12.3. The van der Waals surface area contributed by atoms with Crippen LogP contribution in [-0.2, 0) is 10.0 Å². The quantitative estimate of drug-likeness (QED) is 0.591. The van der Waals surface area contributed by atoms with E-state index in [1.807, 2.05) is 13.2 Å². The van der Waals surface area contributed by atoms with E-state index in [1.54, 1.807) is 30.0 Å². The average molecular weight is 327 g/mol. The molecule has 0 atom stereocenters. The molecular formula is C15H21NO3S2. The lowest BCUT2D eigenvalue weighted by molar-refractivity contribution is 0.350. The van der Waals surface area contributed by atoms with Gasteiger partial charge in [0.15, 0.2) is 0 Å². The minimum Gasteiger partial charge on any atom is -0.384 e. The van der Waals surface area contributed by atoms with Gasteiger partial charge >= 0.3 is 0 Å². The zero-order valence-corrected chi connectivity index (χ0v) is 14.0. The lowest BCUT2D eigenvalue weighted by Gasteiger charge is -2.09. The van der Waals surface area contributed by atoms with E-state index in [-0.39, 0.29) is 11.5 Å². The fraction of sp³-hybridized carbons (Fsp3) is 0.467. The molecular weight excluding hydrogens is 306 g/mol. The van der Waals surface area contributed by atoms with Crippen LogP contribution in [0.2, 0.25) is 0 Å². The average Bonchev–Trinajstić information content (AvgIpc) is 2.44. The van der Waals surface area contributed by atoms with Crippen molar-refractivity contribution in [2.75, 3.05) is 25.2 Å². The van der Waals surface area contributed by atoms with E-state index < -0.39 is 10.0 Å². The third-order valence-electron chi connectivity index (χ3n) is 2.79. The highest BCUT2D eigenvalue weighted by Crippen LogP contribution is 2.16. The zero-order valence-electron chi connectivity index (χ0n) is 12.3. The first-order valence-corrected chi connectivity index (χ1v) is 9.58. The third-order valence-corrected chi connectivity index (χ3v) is 5.01. The van der Waals surface area contributed by atoms with E-state index in [4.69, 9.17) is 5.11 Å². The highest BCUT2D eigenvalue weighted by molar-refractivity contribution is 7.98. The van der Waals surface area contributed by atoms with Gasteiger partial charge in [-0.05, 0) is 49.5 Å². The summed E-state index contributed by atoms with van der Waals surface area (Å²) >= 11 is 1.75. The normalized spacial score (nSPS) is 11.0. The van der Waals surface area contributed by atoms with Gasteiger partial charge in [-0.2, -0.15) is 11.8 Å². The summed E-state index contributed by atoms with van der Waals surface area (Å²) in [4.78, 5) is 0.166. The first kappa shape index (κ1) is 18.1. The fourth-order valence-electron chi connectivity index (χ4n) is 1.77. The highest BCUT2D eigenvalue weighted by Gasteiger charge is 2.17. The Bertz CT molecular complexity index is 616. The molecule has 116 valence electrons. The van der Waals surface area contributed by atoms with Crippen molar-refractivity contribution in [3.05, 3.63) is 29.3 Å². The summed E-state index contributed by atoms with van der Waals surface area (Å²) in [7, 11) is -3.57. The smallest absolute Gasteiger partial charge is 0.241 e. The number of aryl methyl sites for hydroxylation is 1. The van der Waals surface area contributed by atoms with E-state index in [1.165, 1.54) is 0 Å². The molecule has 1 aromatic rings. The Morgan fingerprint density at radius 1 is 1.33 bits per heavy atom. The molecule has 0 aliphatic carbocycles. The second kappa shape index (κ2) is 9.11. The monoisotopic (exact) mass is 327 g/mol. The van der Waals surface area contributed by atoms with Crippen LogP contribution in [0.4, 0.5) is 0 Å². The lowest BCUT2D eigenvalue weighted by Crippen LogP contribution is -2.25. The molecule has 0 fully saturated rings. The second-order valence-electron chi connectivity index (χ2n) is 4.56. The van der Waals surface area contributed by atoms with Gasteiger partial charge in [0.2, 0.25) is 10.0 Å². The van der Waals surface area contributed by atoms with Crippen molar-refractivity contribution in [1.82, 2.24) is 4.72 Å². The molecule has 1 aromatic carbocycles. The molecule has 4 nitrogen and oxygen atoms in total. The van der Waals surface area contributed by atoms with Gasteiger partial charge in [-0.1, -0.05) is 17.9 Å². The summed E-state index contributed by atoms with van der Waals surface area (Å²) in [5.41, 5.74) is 1.34. The first-order valence-electron chi connectivity index (χ1n) is 6.70. The van der Waals surface area contributed by atoms with Crippen LogP contribution in [0, 0.1) is 18.8 Å². The van der Waals surface area contributed by atoms with E-state index in [0.717, 1.165) is 24.2 Å². The van der Waals surface area contributed by atoms with Crippen LogP contribution in [0.5, 0.6) is 0 Å². The molecule has 6 heteroatoms. The van der Waals surface area contributed by atoms with Crippen molar-refractivity contribution < 1.29 is 13.5 Å². The molecule has 0 aromatic heterocycles. The molecule has 0 saturated heterocycles. The van der Waals surface area contributed by atoms with Gasteiger partial charge in [0.05, 0.1) is 4.90 Å². The molecule has 0 unspecified atom stereocenters. The van der Waals surface area contributed by atoms with Gasteiger partial charge in [0.25, 0.3) is 0 Å². The summed E-state index contributed by atoms with van der Waals surface area (Å²) in [6.45, 7) is 2.00. The Kier molecular flexibility index (Phi) is 7.83. The first-order chi connectivity index (χ1) is 10.0. The summed E-state index contributed by atoms with van der Waals surface area (Å²) in [5.74, 6) is 6.22. The number of unbranched alkanes of at least 4 members (excludes halogenated alkanes) is 1. The number of sulfonamides is 1. The molecule has 0 aliphatic heterocycles. The van der Waals surface area contributed by atoms with Crippen molar-refractivity contribution >= 4 is 21.8 Å². The van der Waals surface area contributed by atoms with Crippen LogP contribution in [-0.4, -0.2) is 38.7 Å². The molecule has 0 amide bonds. The largest absolute Gasteiger partial charge is 0.384 e. The number of hydrogen-bond acceptors (Lipinski definition) is 4. The summed E-state index contributed by atoms with van der Waals surface area (Å²) in [5, 5.41) is 8.77. The van der Waals surface area contributed by atoms with Gasteiger partial charge in [0.1, 0.15) is 6.61 Å². The molecule has 0 aliphatic rings. The van der Waals surface area contributed by atoms with Crippen LogP contribution in [0.15, 0.2) is 23.1 Å². The van der Waals surface area contributed by atoms with E-state index >= 15 is 0 Å². The maximum Gasteiger partial charge on any atom is 0.241 e. The van der Waals surface area contributed by atoms with Crippen molar-refractivity contribution in [3.8, 4) is 11.8 Å². The van der Waals surface area contributed by atoms with Gasteiger partial charge in [-0.15, -0.1) is 0 Å². The van der Waals surface area contributed by atoms with E-state index in [0.29, 0.717) is 12.1 Å². The summed E-state index contributed by atoms with van der Waals surface area (Å²) < 4.78 is 27.2. The highest BCUT2D eigenvalue weighted by atomic mass is 32.2. The molecule has 0 bridgehead atoms. The lowest BCUT2D eigenvalue weighted by atomic mass is 10.1. The van der Waals surface area contributed by atoms with Crippen LogP contribution < -0.4 is 4.72 Å². The topological polar surface area (TPSA) is 66.4 Å². The predicted octanol–water partition coefficient (Wildman–Crippen LogP) is 1.76. The van der Waals surface area contributed by atoms with Crippen LogP contribution in [0.1, 0.15) is 24.0 Å². The number of aliphatic hydroxyl groups is 1. The van der Waals surface area contributed by atoms with Crippen LogP contribution in [0.25, 0.3) is 0 Å². The van der Waals surface area contributed by atoms with Crippen molar-refractivity contribution in [1.29, 1.82) is 0 Å². The minimum atomic E-state index is -3.57. The van der Waals surface area contributed by atoms with Crippen molar-refractivity contribution in [2.24, 2.45) is 0 Å². The molecule has 2 N–H and O–H groups in total. The summed E-state index contributed by atoms with van der Waals surface area (Å²) in [6, 6.07) is 5.01. The van der Waals surface area contributed by atoms with E-state index in [9.17, 15) is 8.42 Å². The number of nitrogens with one attached hydrogen (secondary N) is 1. The second-order valence-corrected chi connectivity index (χ2v) is 7.28. The number of benzene rings is 1. The molecule has 0 heterocycles. The van der Waals surface area contributed by atoms with Crippen molar-refractivity contribution in [3.63, 3.8) is 0 Å². The Morgan fingerprint density at radius 2 is 2.10 bits per heavy atom. The molecule has 0 spiro atoms. The molecule has 1 rings (SSSR count). The number of aliphatic hydroxyl groups excluding tert-OH is 1. The fourth-order valence-corrected chi connectivity index (χ4v) is 3.47. The Labute approximate surface area is 131 Å². The van der Waals surface area contributed by atoms with Gasteiger partial charge in [-0.3, -0.25) is 0 Å². The molecule has 0 saturated carbocycles. The number of hydrogen-bond donors (Lipinski definition) is 2.